The Bertz CT molecular complexity index is 3460. The van der Waals surface area contributed by atoms with Crippen molar-refractivity contribution in [3.63, 3.8) is 0 Å². The van der Waals surface area contributed by atoms with E-state index in [1.807, 2.05) is 17.5 Å². The van der Waals surface area contributed by atoms with E-state index in [0.717, 1.165) is 44.4 Å². The Hall–Kier alpha value is -6.62. The second kappa shape index (κ2) is 10.5. The number of hydrogen-bond acceptors (Lipinski definition) is 3. The van der Waals surface area contributed by atoms with Crippen LogP contribution in [0.15, 0.2) is 164 Å². The van der Waals surface area contributed by atoms with Gasteiger partial charge in [0.05, 0.1) is 26.9 Å². The van der Waals surface area contributed by atoms with Gasteiger partial charge in [-0.3, -0.25) is 9.38 Å². The molecule has 52 heavy (non-hydrogen) atoms. The summed E-state index contributed by atoms with van der Waals surface area (Å²) >= 11 is 1.84. The van der Waals surface area contributed by atoms with Crippen LogP contribution in [-0.2, 0) is 0 Å². The van der Waals surface area contributed by atoms with Crippen molar-refractivity contribution in [2.24, 2.45) is 0 Å². The second-order valence-electron chi connectivity index (χ2n) is 13.8. The molecule has 8 aromatic carbocycles. The molecule has 0 atom stereocenters. The molecule has 12 aromatic rings. The maximum Gasteiger partial charge on any atom is 0.156 e. The normalized spacial score (nSPS) is 12.2. The highest BCUT2D eigenvalue weighted by atomic mass is 32.1. The van der Waals surface area contributed by atoms with Crippen LogP contribution in [0.4, 0.5) is 0 Å². The number of nitrogens with zero attached hydrogens (tertiary/aromatic N) is 3. The molecule has 0 aliphatic rings. The minimum Gasteiger partial charge on any atom is -0.291 e. The molecule has 4 heteroatoms. The second-order valence-corrected chi connectivity index (χ2v) is 14.8. The van der Waals surface area contributed by atoms with Crippen LogP contribution in [0.5, 0.6) is 0 Å². The number of hydrogen-bond donors (Lipinski definition) is 0. The molecule has 0 fully saturated rings. The van der Waals surface area contributed by atoms with Gasteiger partial charge >= 0.3 is 0 Å². The van der Waals surface area contributed by atoms with Gasteiger partial charge in [-0.2, -0.15) is 0 Å². The molecule has 0 aliphatic heterocycles. The van der Waals surface area contributed by atoms with Crippen molar-refractivity contribution < 1.29 is 0 Å². The number of pyridine rings is 2. The van der Waals surface area contributed by atoms with Crippen molar-refractivity contribution in [3.05, 3.63) is 164 Å². The fourth-order valence-electron chi connectivity index (χ4n) is 8.51. The van der Waals surface area contributed by atoms with Crippen LogP contribution in [-0.4, -0.2) is 14.4 Å². The third kappa shape index (κ3) is 3.90. The number of imidazole rings is 1. The van der Waals surface area contributed by atoms with Crippen LogP contribution in [0.3, 0.4) is 0 Å². The van der Waals surface area contributed by atoms with E-state index in [9.17, 15) is 0 Å². The molecule has 0 saturated carbocycles. The number of aromatic nitrogens is 3. The molecule has 240 valence electrons. The van der Waals surface area contributed by atoms with Gasteiger partial charge in [0, 0.05) is 37.8 Å². The number of rotatable bonds is 2. The molecule has 0 radical (unpaired) electrons. The first-order valence-corrected chi connectivity index (χ1v) is 18.5. The summed E-state index contributed by atoms with van der Waals surface area (Å²) in [6.45, 7) is 0. The minimum absolute atomic E-state index is 1.00. The Morgan fingerprint density at radius 1 is 0.462 bits per heavy atom. The van der Waals surface area contributed by atoms with Gasteiger partial charge in [0.2, 0.25) is 0 Å². The number of thiophene rings is 1. The summed E-state index contributed by atoms with van der Waals surface area (Å²) in [5.41, 5.74) is 8.78. The van der Waals surface area contributed by atoms with Crippen LogP contribution in [0.1, 0.15) is 0 Å². The fourth-order valence-corrected chi connectivity index (χ4v) is 9.69. The molecule has 12 rings (SSSR count). The highest BCUT2D eigenvalue weighted by molar-refractivity contribution is 7.26. The predicted octanol–water partition coefficient (Wildman–Crippen LogP) is 13.4. The van der Waals surface area contributed by atoms with E-state index >= 15 is 0 Å². The van der Waals surface area contributed by atoms with Gasteiger partial charge in [0.15, 0.2) is 5.65 Å². The average Bonchev–Trinajstić information content (AvgIpc) is 3.80. The van der Waals surface area contributed by atoms with Crippen LogP contribution in [0.25, 0.3) is 113 Å². The van der Waals surface area contributed by atoms with E-state index in [0.29, 0.717) is 0 Å². The molecule has 0 amide bonds. The first-order valence-electron chi connectivity index (χ1n) is 17.6. The largest absolute Gasteiger partial charge is 0.291 e. The highest BCUT2D eigenvalue weighted by Gasteiger charge is 2.20. The zero-order valence-corrected chi connectivity index (χ0v) is 28.7. The Morgan fingerprint density at radius 3 is 1.96 bits per heavy atom. The average molecular weight is 678 g/mol. The summed E-state index contributed by atoms with van der Waals surface area (Å²) in [5, 5.41) is 13.6. The fraction of sp³-hybridized carbons (Fsp3) is 0. The SMILES string of the molecule is c1ccc2c(c1)cnc1cc(-c3ccc(-c4cc5c(sc6ccc7ccccc7c65)c5nc6c7ccc8ccccc8c7ccc6n45)cc3)ccc12. The minimum atomic E-state index is 1.00. The molecule has 4 aromatic heterocycles. The van der Waals surface area contributed by atoms with Gasteiger partial charge in [-0.1, -0.05) is 133 Å². The van der Waals surface area contributed by atoms with Crippen molar-refractivity contribution in [1.82, 2.24) is 14.4 Å². The van der Waals surface area contributed by atoms with Crippen molar-refractivity contribution >= 4 is 102 Å². The predicted molar refractivity (Wildman–Crippen MR) is 222 cm³/mol. The Kier molecular flexibility index (Phi) is 5.65. The Labute approximate surface area is 301 Å². The van der Waals surface area contributed by atoms with E-state index in [-0.39, 0.29) is 0 Å². The summed E-state index contributed by atoms with van der Waals surface area (Å²) in [7, 11) is 0. The van der Waals surface area contributed by atoms with E-state index in [1.54, 1.807) is 0 Å². The molecule has 0 spiro atoms. The standard InChI is InChI=1S/C48H27N3S/c1-4-10-34-29(7-1)17-21-39-37(34)22-23-42-46(39)50-48-47-40(45-36-12-6-2-8-30(36)19-24-44(45)52-47)26-43(51(42)48)31-15-13-28(14-16-31)32-18-20-38-35-11-5-3-9-33(35)27-49-41(38)25-32/h1-27H. The third-order valence-electron chi connectivity index (χ3n) is 11.0. The first kappa shape index (κ1) is 28.1. The maximum atomic E-state index is 5.52. The first-order chi connectivity index (χ1) is 25.8. The maximum absolute atomic E-state index is 5.52. The van der Waals surface area contributed by atoms with Gasteiger partial charge < -0.3 is 0 Å². The lowest BCUT2D eigenvalue weighted by molar-refractivity contribution is 1.25. The van der Waals surface area contributed by atoms with Crippen molar-refractivity contribution in [2.75, 3.05) is 0 Å². The lowest BCUT2D eigenvalue weighted by Gasteiger charge is -2.11. The van der Waals surface area contributed by atoms with Crippen LogP contribution >= 0.6 is 11.3 Å². The molecule has 0 unspecified atom stereocenters. The van der Waals surface area contributed by atoms with Gasteiger partial charge in [0.25, 0.3) is 0 Å². The number of benzene rings is 8. The summed E-state index contributed by atoms with van der Waals surface area (Å²) in [4.78, 5) is 10.3. The summed E-state index contributed by atoms with van der Waals surface area (Å²) < 4.78 is 4.89. The van der Waals surface area contributed by atoms with Gasteiger partial charge in [-0.25, -0.2) is 4.98 Å². The Balaban J connectivity index is 1.12. The smallest absolute Gasteiger partial charge is 0.156 e. The van der Waals surface area contributed by atoms with Gasteiger partial charge in [-0.15, -0.1) is 11.3 Å². The lowest BCUT2D eigenvalue weighted by Crippen LogP contribution is -1.93. The molecule has 0 aliphatic carbocycles. The quantitative estimate of drug-likeness (QED) is 0.171. The summed E-state index contributed by atoms with van der Waals surface area (Å²) in [6.07, 6.45) is 1.98. The van der Waals surface area contributed by atoms with Crippen LogP contribution < -0.4 is 0 Å². The zero-order chi connectivity index (χ0) is 33.9. The molecular formula is C48H27N3S. The topological polar surface area (TPSA) is 30.2 Å². The zero-order valence-electron chi connectivity index (χ0n) is 27.8. The van der Waals surface area contributed by atoms with Crippen molar-refractivity contribution in [2.45, 2.75) is 0 Å². The third-order valence-corrected chi connectivity index (χ3v) is 12.2. The molecule has 0 saturated heterocycles. The molecule has 3 nitrogen and oxygen atoms in total. The molecule has 0 N–H and O–H groups in total. The van der Waals surface area contributed by atoms with E-state index < -0.39 is 0 Å². The molecular weight excluding hydrogens is 651 g/mol. The summed E-state index contributed by atoms with van der Waals surface area (Å²) in [6, 6.07) is 57.4. The van der Waals surface area contributed by atoms with Gasteiger partial charge in [-0.05, 0) is 73.3 Å². The molecule has 4 heterocycles. The number of fused-ring (bicyclic) bond motifs is 16. The monoisotopic (exact) mass is 677 g/mol. The van der Waals surface area contributed by atoms with E-state index in [1.165, 1.54) is 68.8 Å². The van der Waals surface area contributed by atoms with Crippen LogP contribution in [0.2, 0.25) is 0 Å². The highest BCUT2D eigenvalue weighted by Crippen LogP contribution is 2.44. The van der Waals surface area contributed by atoms with E-state index in [2.05, 4.69) is 162 Å². The lowest BCUT2D eigenvalue weighted by atomic mass is 9.98. The van der Waals surface area contributed by atoms with E-state index in [4.69, 9.17) is 9.97 Å². The summed E-state index contributed by atoms with van der Waals surface area (Å²) in [5.74, 6) is 0. The van der Waals surface area contributed by atoms with Crippen molar-refractivity contribution in [1.29, 1.82) is 0 Å². The van der Waals surface area contributed by atoms with Crippen molar-refractivity contribution in [3.8, 4) is 22.4 Å². The molecule has 0 bridgehead atoms. The van der Waals surface area contributed by atoms with Gasteiger partial charge in [0.1, 0.15) is 0 Å². The van der Waals surface area contributed by atoms with Crippen LogP contribution in [0, 0.1) is 0 Å². The Morgan fingerprint density at radius 2 is 1.12 bits per heavy atom.